The Hall–Kier alpha value is -1.64. The first kappa shape index (κ1) is 13.4. The van der Waals surface area contributed by atoms with Gasteiger partial charge in [-0.3, -0.25) is 9.59 Å². The van der Waals surface area contributed by atoms with Crippen molar-refractivity contribution >= 4 is 17.4 Å². The number of ketones is 1. The van der Waals surface area contributed by atoms with Crippen molar-refractivity contribution in [3.63, 3.8) is 0 Å². The Kier molecular flexibility index (Phi) is 4.88. The van der Waals surface area contributed by atoms with E-state index in [-0.39, 0.29) is 18.1 Å². The Balaban J connectivity index is 2.87. The molecule has 0 fully saturated rings. The van der Waals surface area contributed by atoms with Gasteiger partial charge in [0.25, 0.3) is 0 Å². The molecule has 0 radical (unpaired) electrons. The molecule has 1 aromatic rings. The summed E-state index contributed by atoms with van der Waals surface area (Å²) in [7, 11) is 0. The van der Waals surface area contributed by atoms with E-state index in [1.165, 1.54) is 12.5 Å². The molecule has 1 N–H and O–H groups in total. The maximum absolute atomic E-state index is 11.6. The molecular weight excluding hydrogens is 214 g/mol. The van der Waals surface area contributed by atoms with Gasteiger partial charge in [0, 0.05) is 5.69 Å². The van der Waals surface area contributed by atoms with E-state index in [4.69, 9.17) is 0 Å². The van der Waals surface area contributed by atoms with Crippen LogP contribution in [0.3, 0.4) is 0 Å². The number of hydrogen-bond donors (Lipinski definition) is 1. The van der Waals surface area contributed by atoms with Gasteiger partial charge in [-0.1, -0.05) is 26.0 Å². The Morgan fingerprint density at radius 2 is 1.88 bits per heavy atom. The van der Waals surface area contributed by atoms with Crippen LogP contribution in [-0.2, 0) is 22.4 Å². The van der Waals surface area contributed by atoms with Crippen LogP contribution < -0.4 is 5.32 Å². The van der Waals surface area contributed by atoms with E-state index in [1.54, 1.807) is 0 Å². The fourth-order valence-corrected chi connectivity index (χ4v) is 1.69. The van der Waals surface area contributed by atoms with Crippen molar-refractivity contribution in [2.24, 2.45) is 0 Å². The number of rotatable bonds is 5. The maximum atomic E-state index is 11.6. The zero-order valence-corrected chi connectivity index (χ0v) is 10.7. The lowest BCUT2D eigenvalue weighted by atomic mass is 10.1. The summed E-state index contributed by atoms with van der Waals surface area (Å²) in [5, 5.41) is 2.81. The lowest BCUT2D eigenvalue weighted by molar-refractivity contribution is -0.124. The highest BCUT2D eigenvalue weighted by Crippen LogP contribution is 2.19. The molecule has 0 unspecified atom stereocenters. The highest BCUT2D eigenvalue weighted by atomic mass is 16.2. The molecule has 92 valence electrons. The molecule has 0 aliphatic heterocycles. The van der Waals surface area contributed by atoms with Crippen molar-refractivity contribution in [1.82, 2.24) is 0 Å². The average molecular weight is 233 g/mol. The van der Waals surface area contributed by atoms with Crippen molar-refractivity contribution in [3.8, 4) is 0 Å². The molecule has 3 nitrogen and oxygen atoms in total. The largest absolute Gasteiger partial charge is 0.325 e. The summed E-state index contributed by atoms with van der Waals surface area (Å²) in [5.74, 6) is -0.354. The van der Waals surface area contributed by atoms with Crippen molar-refractivity contribution in [2.75, 3.05) is 5.32 Å². The lowest BCUT2D eigenvalue weighted by Crippen LogP contribution is -2.16. The van der Waals surface area contributed by atoms with E-state index in [2.05, 4.69) is 18.3 Å². The second kappa shape index (κ2) is 6.18. The number of amides is 1. The van der Waals surface area contributed by atoms with Crippen LogP contribution in [0.15, 0.2) is 18.2 Å². The first-order valence-electron chi connectivity index (χ1n) is 5.97. The first-order valence-corrected chi connectivity index (χ1v) is 5.97. The number of carbonyl (C=O) groups is 2. The van der Waals surface area contributed by atoms with E-state index in [0.717, 1.165) is 24.1 Å². The molecule has 1 rings (SSSR count). The quantitative estimate of drug-likeness (QED) is 0.795. The minimum Gasteiger partial charge on any atom is -0.325 e. The number of Topliss-reactive ketones (excluding diaryl/α,β-unsaturated/α-hetero) is 1. The summed E-state index contributed by atoms with van der Waals surface area (Å²) >= 11 is 0. The molecule has 0 saturated heterocycles. The summed E-state index contributed by atoms with van der Waals surface area (Å²) < 4.78 is 0. The topological polar surface area (TPSA) is 46.2 Å². The number of benzene rings is 1. The Morgan fingerprint density at radius 3 is 2.41 bits per heavy atom. The van der Waals surface area contributed by atoms with E-state index < -0.39 is 0 Å². The number of anilines is 1. The van der Waals surface area contributed by atoms with Gasteiger partial charge in [0.2, 0.25) is 5.91 Å². The third-order valence-electron chi connectivity index (χ3n) is 2.65. The molecule has 0 aromatic heterocycles. The molecule has 3 heteroatoms. The smallest absolute Gasteiger partial charge is 0.231 e. The lowest BCUT2D eigenvalue weighted by Gasteiger charge is -2.11. The zero-order chi connectivity index (χ0) is 12.8. The standard InChI is InChI=1S/C14H19NO2/c1-4-11-6-7-12(5-2)13(9-11)15-14(17)8-10(3)16/h6-7,9H,4-5,8H2,1-3H3,(H,15,17). The number of hydrogen-bond acceptors (Lipinski definition) is 2. The van der Waals surface area contributed by atoms with Crippen LogP contribution in [0.25, 0.3) is 0 Å². The van der Waals surface area contributed by atoms with Gasteiger partial charge in [-0.05, 0) is 37.0 Å². The van der Waals surface area contributed by atoms with Crippen LogP contribution in [0.2, 0.25) is 0 Å². The molecule has 0 aliphatic carbocycles. The highest BCUT2D eigenvalue weighted by molar-refractivity contribution is 6.03. The molecule has 0 spiro atoms. The molecule has 0 bridgehead atoms. The van der Waals surface area contributed by atoms with Gasteiger partial charge in [0.05, 0.1) is 6.42 Å². The number of aryl methyl sites for hydroxylation is 2. The molecule has 0 atom stereocenters. The molecule has 17 heavy (non-hydrogen) atoms. The molecule has 1 aromatic carbocycles. The first-order chi connectivity index (χ1) is 8.06. The van der Waals surface area contributed by atoms with Crippen molar-refractivity contribution < 1.29 is 9.59 Å². The summed E-state index contributed by atoms with van der Waals surface area (Å²) in [6, 6.07) is 6.08. The minimum absolute atomic E-state index is 0.0560. The summed E-state index contributed by atoms with van der Waals surface area (Å²) in [4.78, 5) is 22.4. The van der Waals surface area contributed by atoms with Crippen molar-refractivity contribution in [2.45, 2.75) is 40.0 Å². The van der Waals surface area contributed by atoms with E-state index >= 15 is 0 Å². The van der Waals surface area contributed by atoms with Crippen LogP contribution in [-0.4, -0.2) is 11.7 Å². The van der Waals surface area contributed by atoms with E-state index in [9.17, 15) is 9.59 Å². The van der Waals surface area contributed by atoms with Gasteiger partial charge in [-0.25, -0.2) is 0 Å². The predicted octanol–water partition coefficient (Wildman–Crippen LogP) is 2.73. The van der Waals surface area contributed by atoms with Crippen LogP contribution in [0, 0.1) is 0 Å². The van der Waals surface area contributed by atoms with Crippen molar-refractivity contribution in [3.05, 3.63) is 29.3 Å². The fourth-order valence-electron chi connectivity index (χ4n) is 1.69. The van der Waals surface area contributed by atoms with Crippen molar-refractivity contribution in [1.29, 1.82) is 0 Å². The van der Waals surface area contributed by atoms with E-state index in [1.807, 2.05) is 19.1 Å². The molecule has 0 heterocycles. The van der Waals surface area contributed by atoms with Gasteiger partial charge in [0.1, 0.15) is 5.78 Å². The molecule has 1 amide bonds. The van der Waals surface area contributed by atoms with Gasteiger partial charge in [0.15, 0.2) is 0 Å². The van der Waals surface area contributed by atoms with Crippen LogP contribution in [0.1, 0.15) is 38.3 Å². The van der Waals surface area contributed by atoms with Gasteiger partial charge >= 0.3 is 0 Å². The van der Waals surface area contributed by atoms with Gasteiger partial charge in [-0.15, -0.1) is 0 Å². The zero-order valence-electron chi connectivity index (χ0n) is 10.7. The van der Waals surface area contributed by atoms with Gasteiger partial charge < -0.3 is 5.32 Å². The number of carbonyl (C=O) groups excluding carboxylic acids is 2. The third-order valence-corrected chi connectivity index (χ3v) is 2.65. The Morgan fingerprint density at radius 1 is 1.18 bits per heavy atom. The maximum Gasteiger partial charge on any atom is 0.231 e. The van der Waals surface area contributed by atoms with Crippen LogP contribution >= 0.6 is 0 Å². The second-order valence-corrected chi connectivity index (χ2v) is 4.13. The SMILES string of the molecule is CCc1ccc(CC)c(NC(=O)CC(C)=O)c1. The molecular formula is C14H19NO2. The monoisotopic (exact) mass is 233 g/mol. The molecule has 0 saturated carbocycles. The third kappa shape index (κ3) is 4.02. The Bertz CT molecular complexity index is 424. The minimum atomic E-state index is -0.236. The summed E-state index contributed by atoms with van der Waals surface area (Å²) in [5.41, 5.74) is 3.11. The fraction of sp³-hybridized carbons (Fsp3) is 0.429. The van der Waals surface area contributed by atoms with E-state index in [0.29, 0.717) is 0 Å². The second-order valence-electron chi connectivity index (χ2n) is 4.13. The van der Waals surface area contributed by atoms with Crippen LogP contribution in [0.4, 0.5) is 5.69 Å². The normalized spacial score (nSPS) is 10.1. The molecule has 0 aliphatic rings. The predicted molar refractivity (Wildman–Crippen MR) is 69.1 cm³/mol. The number of nitrogens with one attached hydrogen (secondary N) is 1. The summed E-state index contributed by atoms with van der Waals surface area (Å²) in [6.07, 6.45) is 1.73. The average Bonchev–Trinajstić information content (AvgIpc) is 2.27. The Labute approximate surface area is 102 Å². The summed E-state index contributed by atoms with van der Waals surface area (Å²) in [6.45, 7) is 5.53. The van der Waals surface area contributed by atoms with Crippen LogP contribution in [0.5, 0.6) is 0 Å². The van der Waals surface area contributed by atoms with Gasteiger partial charge in [-0.2, -0.15) is 0 Å². The highest BCUT2D eigenvalue weighted by Gasteiger charge is 2.08.